The quantitative estimate of drug-likeness (QED) is 0.571. The number of ether oxygens (including phenoxy) is 2. The smallest absolute Gasteiger partial charge is 0.310 e. The second-order valence-electron chi connectivity index (χ2n) is 4.69. The van der Waals surface area contributed by atoms with Crippen molar-refractivity contribution in [2.75, 3.05) is 13.2 Å². The molecule has 0 saturated heterocycles. The molecule has 0 amide bonds. The van der Waals surface area contributed by atoms with Gasteiger partial charge in [0.25, 0.3) is 0 Å². The number of hydrogen-bond donors (Lipinski definition) is 0. The van der Waals surface area contributed by atoms with E-state index < -0.39 is 11.8 Å². The Morgan fingerprint density at radius 3 is 1.56 bits per heavy atom. The first kappa shape index (κ1) is 14.7. The van der Waals surface area contributed by atoms with Crippen molar-refractivity contribution in [3.8, 4) is 0 Å². The summed E-state index contributed by atoms with van der Waals surface area (Å²) in [5.41, 5.74) is 2.35. The van der Waals surface area contributed by atoms with Crippen molar-refractivity contribution in [2.45, 2.75) is 40.5 Å². The highest BCUT2D eigenvalue weighted by molar-refractivity contribution is 5.83. The van der Waals surface area contributed by atoms with Crippen LogP contribution in [0.1, 0.15) is 40.5 Å². The zero-order valence-electron chi connectivity index (χ0n) is 11.6. The molecular formula is C14H22O4. The van der Waals surface area contributed by atoms with E-state index in [2.05, 4.69) is 0 Å². The Balaban J connectivity index is 2.88. The van der Waals surface area contributed by atoms with Gasteiger partial charge in [0.05, 0.1) is 25.0 Å². The molecule has 2 atom stereocenters. The van der Waals surface area contributed by atoms with E-state index in [0.29, 0.717) is 26.1 Å². The van der Waals surface area contributed by atoms with Crippen LogP contribution in [0.2, 0.25) is 0 Å². The molecule has 1 aliphatic rings. The fraction of sp³-hybridized carbons (Fsp3) is 0.714. The van der Waals surface area contributed by atoms with Crippen molar-refractivity contribution in [2.24, 2.45) is 11.8 Å². The van der Waals surface area contributed by atoms with Gasteiger partial charge < -0.3 is 9.47 Å². The van der Waals surface area contributed by atoms with E-state index in [4.69, 9.17) is 9.47 Å². The van der Waals surface area contributed by atoms with Crippen LogP contribution in [0, 0.1) is 11.8 Å². The van der Waals surface area contributed by atoms with Crippen molar-refractivity contribution < 1.29 is 19.1 Å². The minimum absolute atomic E-state index is 0.289. The molecule has 4 heteroatoms. The third-order valence-corrected chi connectivity index (χ3v) is 3.45. The maximum absolute atomic E-state index is 11.9. The number of carbonyl (C=O) groups is 2. The first-order valence-corrected chi connectivity index (χ1v) is 6.49. The van der Waals surface area contributed by atoms with Gasteiger partial charge in [0.15, 0.2) is 0 Å². The molecule has 2 unspecified atom stereocenters. The van der Waals surface area contributed by atoms with Crippen molar-refractivity contribution in [1.29, 1.82) is 0 Å². The summed E-state index contributed by atoms with van der Waals surface area (Å²) in [6.45, 7) is 8.23. The van der Waals surface area contributed by atoms with Gasteiger partial charge in [0.2, 0.25) is 0 Å². The van der Waals surface area contributed by atoms with Crippen LogP contribution in [-0.2, 0) is 19.1 Å². The summed E-state index contributed by atoms with van der Waals surface area (Å²) in [5.74, 6) is -1.37. The van der Waals surface area contributed by atoms with Crippen molar-refractivity contribution in [3.05, 3.63) is 11.1 Å². The number of rotatable bonds is 4. The van der Waals surface area contributed by atoms with Crippen LogP contribution in [0.5, 0.6) is 0 Å². The molecule has 1 rings (SSSR count). The normalized spacial score (nSPS) is 23.8. The lowest BCUT2D eigenvalue weighted by atomic mass is 9.76. The second kappa shape index (κ2) is 6.57. The summed E-state index contributed by atoms with van der Waals surface area (Å²) in [4.78, 5) is 23.8. The molecule has 0 aromatic heterocycles. The lowest BCUT2D eigenvalue weighted by Gasteiger charge is -2.29. The minimum atomic E-state index is -0.396. The van der Waals surface area contributed by atoms with E-state index >= 15 is 0 Å². The number of allylic oxidation sites excluding steroid dienone is 2. The number of hydrogen-bond acceptors (Lipinski definition) is 4. The largest absolute Gasteiger partial charge is 0.466 e. The van der Waals surface area contributed by atoms with Gasteiger partial charge in [-0.1, -0.05) is 11.1 Å². The summed E-state index contributed by atoms with van der Waals surface area (Å²) in [6.07, 6.45) is 1.18. The van der Waals surface area contributed by atoms with Gasteiger partial charge in [-0.3, -0.25) is 9.59 Å². The first-order chi connectivity index (χ1) is 8.51. The number of carbonyl (C=O) groups excluding carboxylic acids is 2. The summed E-state index contributed by atoms with van der Waals surface area (Å²) in [7, 11) is 0. The highest BCUT2D eigenvalue weighted by atomic mass is 16.5. The van der Waals surface area contributed by atoms with Crippen molar-refractivity contribution in [1.82, 2.24) is 0 Å². The first-order valence-electron chi connectivity index (χ1n) is 6.49. The highest BCUT2D eigenvalue weighted by Gasteiger charge is 2.38. The van der Waals surface area contributed by atoms with Crippen LogP contribution in [0.3, 0.4) is 0 Å². The monoisotopic (exact) mass is 254 g/mol. The molecule has 0 heterocycles. The van der Waals surface area contributed by atoms with Crippen LogP contribution in [-0.4, -0.2) is 25.2 Å². The van der Waals surface area contributed by atoms with Gasteiger partial charge >= 0.3 is 11.9 Å². The van der Waals surface area contributed by atoms with E-state index in [1.54, 1.807) is 13.8 Å². The molecule has 4 nitrogen and oxygen atoms in total. The molecule has 1 aliphatic carbocycles. The van der Waals surface area contributed by atoms with Crippen LogP contribution in [0.25, 0.3) is 0 Å². The molecule has 0 fully saturated rings. The predicted molar refractivity (Wildman–Crippen MR) is 67.9 cm³/mol. The van der Waals surface area contributed by atoms with E-state index in [1.165, 1.54) is 11.1 Å². The third-order valence-electron chi connectivity index (χ3n) is 3.45. The maximum atomic E-state index is 11.9. The molecule has 0 aliphatic heterocycles. The Kier molecular flexibility index (Phi) is 5.38. The van der Waals surface area contributed by atoms with E-state index in [9.17, 15) is 9.59 Å². The van der Waals surface area contributed by atoms with Crippen LogP contribution < -0.4 is 0 Å². The van der Waals surface area contributed by atoms with Gasteiger partial charge in [-0.2, -0.15) is 0 Å². The summed E-state index contributed by atoms with van der Waals surface area (Å²) in [5, 5.41) is 0. The molecule has 0 N–H and O–H groups in total. The zero-order chi connectivity index (χ0) is 13.7. The van der Waals surface area contributed by atoms with Gasteiger partial charge in [0.1, 0.15) is 0 Å². The third kappa shape index (κ3) is 3.34. The maximum Gasteiger partial charge on any atom is 0.310 e. The molecule has 0 aromatic rings. The molecule has 102 valence electrons. The second-order valence-corrected chi connectivity index (χ2v) is 4.69. The summed E-state index contributed by atoms with van der Waals surface area (Å²) in [6, 6.07) is 0. The topological polar surface area (TPSA) is 52.6 Å². The van der Waals surface area contributed by atoms with Gasteiger partial charge in [-0.15, -0.1) is 0 Å². The Hall–Kier alpha value is -1.32. The zero-order valence-corrected chi connectivity index (χ0v) is 11.6. The summed E-state index contributed by atoms with van der Waals surface area (Å²) < 4.78 is 10.1. The molecule has 0 saturated carbocycles. The van der Waals surface area contributed by atoms with E-state index in [0.717, 1.165) is 0 Å². The van der Waals surface area contributed by atoms with Crippen molar-refractivity contribution >= 4 is 11.9 Å². The predicted octanol–water partition coefficient (Wildman–Crippen LogP) is 2.48. The minimum Gasteiger partial charge on any atom is -0.466 e. The van der Waals surface area contributed by atoms with Gasteiger partial charge in [-0.25, -0.2) is 0 Å². The Morgan fingerprint density at radius 2 is 1.28 bits per heavy atom. The Morgan fingerprint density at radius 1 is 0.944 bits per heavy atom. The van der Waals surface area contributed by atoms with E-state index in [-0.39, 0.29) is 11.9 Å². The van der Waals surface area contributed by atoms with Crippen LogP contribution in [0.15, 0.2) is 11.1 Å². The average Bonchev–Trinajstić information content (AvgIpc) is 2.32. The highest BCUT2D eigenvalue weighted by Crippen LogP contribution is 2.35. The molecule has 0 aromatic carbocycles. The summed E-state index contributed by atoms with van der Waals surface area (Å²) >= 11 is 0. The molecule has 18 heavy (non-hydrogen) atoms. The van der Waals surface area contributed by atoms with Gasteiger partial charge in [-0.05, 0) is 40.5 Å². The Labute approximate surface area is 108 Å². The molecule has 0 spiro atoms. The fourth-order valence-electron chi connectivity index (χ4n) is 2.29. The number of esters is 2. The molecular weight excluding hydrogens is 232 g/mol. The molecule has 0 bridgehead atoms. The average molecular weight is 254 g/mol. The molecule has 0 radical (unpaired) electrons. The van der Waals surface area contributed by atoms with Gasteiger partial charge in [0, 0.05) is 0 Å². The van der Waals surface area contributed by atoms with E-state index in [1.807, 2.05) is 13.8 Å². The standard InChI is InChI=1S/C14H22O4/c1-5-17-13(15)11-7-9(3)10(4)8-12(11)14(16)18-6-2/h11-12H,5-8H2,1-4H3. The Bertz CT molecular complexity index is 323. The fourth-order valence-corrected chi connectivity index (χ4v) is 2.29. The van der Waals surface area contributed by atoms with Crippen LogP contribution >= 0.6 is 0 Å². The van der Waals surface area contributed by atoms with Crippen LogP contribution in [0.4, 0.5) is 0 Å². The lowest BCUT2D eigenvalue weighted by Crippen LogP contribution is -2.35. The SMILES string of the molecule is CCOC(=O)C1CC(C)=C(C)CC1C(=O)OCC. The van der Waals surface area contributed by atoms with Crippen molar-refractivity contribution in [3.63, 3.8) is 0 Å². The lowest BCUT2D eigenvalue weighted by molar-refractivity contribution is -0.160.